The normalized spacial score (nSPS) is 10.6. The molecule has 56 valence electrons. The monoisotopic (exact) mass is 165 g/mol. The molecule has 2 rings (SSSR count). The van der Waals surface area contributed by atoms with Crippen LogP contribution in [0.4, 0.5) is 0 Å². The van der Waals surface area contributed by atoms with Crippen molar-refractivity contribution in [3.63, 3.8) is 0 Å². The van der Waals surface area contributed by atoms with Crippen molar-refractivity contribution in [2.75, 3.05) is 6.26 Å². The van der Waals surface area contributed by atoms with E-state index < -0.39 is 0 Å². The summed E-state index contributed by atoms with van der Waals surface area (Å²) in [4.78, 5) is 5.26. The molecule has 1 aromatic carbocycles. The zero-order valence-electron chi connectivity index (χ0n) is 6.07. The molecule has 0 spiro atoms. The van der Waals surface area contributed by atoms with Gasteiger partial charge < -0.3 is 4.42 Å². The minimum atomic E-state index is 0.850. The van der Waals surface area contributed by atoms with Crippen molar-refractivity contribution in [2.45, 2.75) is 4.90 Å². The van der Waals surface area contributed by atoms with E-state index in [0.717, 1.165) is 11.1 Å². The molecule has 0 saturated carbocycles. The Morgan fingerprint density at radius 1 is 1.45 bits per heavy atom. The standard InChI is InChI=1S/C8H7NOS/c1-11-6-2-3-8-7(4-6)9-5-10-8/h2-5H,1H3. The maximum Gasteiger partial charge on any atom is 0.181 e. The third-order valence-corrected chi connectivity index (χ3v) is 2.26. The van der Waals surface area contributed by atoms with E-state index in [9.17, 15) is 0 Å². The number of hydrogen-bond donors (Lipinski definition) is 0. The van der Waals surface area contributed by atoms with Crippen molar-refractivity contribution in [3.05, 3.63) is 24.6 Å². The highest BCUT2D eigenvalue weighted by atomic mass is 32.2. The Morgan fingerprint density at radius 2 is 2.36 bits per heavy atom. The summed E-state index contributed by atoms with van der Waals surface area (Å²) in [7, 11) is 0. The summed E-state index contributed by atoms with van der Waals surface area (Å²) >= 11 is 1.71. The van der Waals surface area contributed by atoms with Crippen LogP contribution in [-0.2, 0) is 0 Å². The number of rotatable bonds is 1. The van der Waals surface area contributed by atoms with Gasteiger partial charge in [0.05, 0.1) is 0 Å². The van der Waals surface area contributed by atoms with Crippen LogP contribution < -0.4 is 0 Å². The van der Waals surface area contributed by atoms with E-state index in [1.54, 1.807) is 11.8 Å². The topological polar surface area (TPSA) is 26.0 Å². The Labute approximate surface area is 68.6 Å². The van der Waals surface area contributed by atoms with Gasteiger partial charge in [0.15, 0.2) is 12.0 Å². The highest BCUT2D eigenvalue weighted by Crippen LogP contribution is 2.20. The molecule has 0 radical (unpaired) electrons. The fourth-order valence-corrected chi connectivity index (χ4v) is 1.40. The molecule has 2 aromatic rings. The molecule has 0 bridgehead atoms. The van der Waals surface area contributed by atoms with Gasteiger partial charge in [-0.15, -0.1) is 11.8 Å². The van der Waals surface area contributed by atoms with Crippen LogP contribution in [-0.4, -0.2) is 11.2 Å². The summed E-state index contributed by atoms with van der Waals surface area (Å²) in [6.07, 6.45) is 3.51. The van der Waals surface area contributed by atoms with Gasteiger partial charge in [-0.05, 0) is 24.5 Å². The summed E-state index contributed by atoms with van der Waals surface area (Å²) < 4.78 is 5.10. The van der Waals surface area contributed by atoms with Crippen LogP contribution in [0, 0.1) is 0 Å². The molecular weight excluding hydrogens is 158 g/mol. The third kappa shape index (κ3) is 1.12. The van der Waals surface area contributed by atoms with Crippen LogP contribution in [0.2, 0.25) is 0 Å². The van der Waals surface area contributed by atoms with Crippen LogP contribution in [0.15, 0.2) is 33.9 Å². The SMILES string of the molecule is CSc1ccc2ocnc2c1. The second-order valence-corrected chi connectivity index (χ2v) is 3.07. The lowest BCUT2D eigenvalue weighted by Crippen LogP contribution is -1.69. The largest absolute Gasteiger partial charge is 0.443 e. The third-order valence-electron chi connectivity index (χ3n) is 1.54. The van der Waals surface area contributed by atoms with Gasteiger partial charge in [-0.25, -0.2) is 4.98 Å². The van der Waals surface area contributed by atoms with Gasteiger partial charge in [0.1, 0.15) is 5.52 Å². The Kier molecular flexibility index (Phi) is 1.58. The first-order valence-electron chi connectivity index (χ1n) is 3.27. The summed E-state index contributed by atoms with van der Waals surface area (Å²) in [6.45, 7) is 0. The Balaban J connectivity index is 2.67. The number of oxazole rings is 1. The summed E-state index contributed by atoms with van der Waals surface area (Å²) in [5, 5.41) is 0. The van der Waals surface area contributed by atoms with Gasteiger partial charge in [0, 0.05) is 4.90 Å². The Morgan fingerprint density at radius 3 is 3.18 bits per heavy atom. The van der Waals surface area contributed by atoms with Crippen molar-refractivity contribution >= 4 is 22.9 Å². The molecule has 0 atom stereocenters. The van der Waals surface area contributed by atoms with Crippen LogP contribution in [0.1, 0.15) is 0 Å². The van der Waals surface area contributed by atoms with E-state index >= 15 is 0 Å². The molecule has 0 aliphatic carbocycles. The van der Waals surface area contributed by atoms with Crippen molar-refractivity contribution in [1.29, 1.82) is 0 Å². The van der Waals surface area contributed by atoms with Crippen LogP contribution >= 0.6 is 11.8 Å². The minimum absolute atomic E-state index is 0.850. The highest BCUT2D eigenvalue weighted by molar-refractivity contribution is 7.98. The highest BCUT2D eigenvalue weighted by Gasteiger charge is 1.97. The fourth-order valence-electron chi connectivity index (χ4n) is 0.965. The van der Waals surface area contributed by atoms with Crippen molar-refractivity contribution in [1.82, 2.24) is 4.98 Å². The fraction of sp³-hybridized carbons (Fsp3) is 0.125. The summed E-state index contributed by atoms with van der Waals surface area (Å²) in [5.41, 5.74) is 1.78. The molecule has 0 amide bonds. The number of benzene rings is 1. The number of nitrogens with zero attached hydrogens (tertiary/aromatic N) is 1. The zero-order valence-corrected chi connectivity index (χ0v) is 6.89. The van der Waals surface area contributed by atoms with Crippen LogP contribution in [0.5, 0.6) is 0 Å². The Bertz CT molecular complexity index is 369. The molecule has 1 aromatic heterocycles. The van der Waals surface area contributed by atoms with Crippen molar-refractivity contribution < 1.29 is 4.42 Å². The average molecular weight is 165 g/mol. The number of thioether (sulfide) groups is 1. The second-order valence-electron chi connectivity index (χ2n) is 2.19. The van der Waals surface area contributed by atoms with E-state index in [1.807, 2.05) is 24.5 Å². The molecule has 0 unspecified atom stereocenters. The van der Waals surface area contributed by atoms with E-state index in [2.05, 4.69) is 4.98 Å². The molecule has 1 heterocycles. The lowest BCUT2D eigenvalue weighted by molar-refractivity contribution is 0.602. The van der Waals surface area contributed by atoms with E-state index in [0.29, 0.717) is 0 Å². The average Bonchev–Trinajstić information content (AvgIpc) is 2.50. The second kappa shape index (κ2) is 2.58. The van der Waals surface area contributed by atoms with Crippen molar-refractivity contribution in [2.24, 2.45) is 0 Å². The molecule has 0 aliphatic heterocycles. The van der Waals surface area contributed by atoms with Crippen LogP contribution in [0.3, 0.4) is 0 Å². The lowest BCUT2D eigenvalue weighted by Gasteiger charge is -1.92. The first-order chi connectivity index (χ1) is 5.40. The number of aromatic nitrogens is 1. The Hall–Kier alpha value is -0.960. The maximum atomic E-state index is 5.10. The molecule has 2 nitrogen and oxygen atoms in total. The molecule has 0 saturated heterocycles. The molecule has 0 aliphatic rings. The number of fused-ring (bicyclic) bond motifs is 1. The number of hydrogen-bond acceptors (Lipinski definition) is 3. The van der Waals surface area contributed by atoms with Gasteiger partial charge in [-0.2, -0.15) is 0 Å². The van der Waals surface area contributed by atoms with E-state index in [4.69, 9.17) is 4.42 Å². The predicted octanol–water partition coefficient (Wildman–Crippen LogP) is 2.55. The van der Waals surface area contributed by atoms with Gasteiger partial charge in [-0.3, -0.25) is 0 Å². The van der Waals surface area contributed by atoms with Crippen molar-refractivity contribution in [3.8, 4) is 0 Å². The minimum Gasteiger partial charge on any atom is -0.443 e. The van der Waals surface area contributed by atoms with E-state index in [1.165, 1.54) is 11.3 Å². The first kappa shape index (κ1) is 6.73. The summed E-state index contributed by atoms with van der Waals surface area (Å²) in [5.74, 6) is 0. The van der Waals surface area contributed by atoms with E-state index in [-0.39, 0.29) is 0 Å². The van der Waals surface area contributed by atoms with Gasteiger partial charge >= 0.3 is 0 Å². The van der Waals surface area contributed by atoms with Gasteiger partial charge in [-0.1, -0.05) is 0 Å². The predicted molar refractivity (Wildman–Crippen MR) is 45.8 cm³/mol. The first-order valence-corrected chi connectivity index (χ1v) is 4.50. The molecule has 3 heteroatoms. The zero-order chi connectivity index (χ0) is 7.68. The van der Waals surface area contributed by atoms with Crippen LogP contribution in [0.25, 0.3) is 11.1 Å². The molecule has 0 N–H and O–H groups in total. The quantitative estimate of drug-likeness (QED) is 0.607. The van der Waals surface area contributed by atoms with Gasteiger partial charge in [0.2, 0.25) is 0 Å². The summed E-state index contributed by atoms with van der Waals surface area (Å²) in [6, 6.07) is 5.98. The molecule has 11 heavy (non-hydrogen) atoms. The maximum absolute atomic E-state index is 5.10. The smallest absolute Gasteiger partial charge is 0.181 e. The molecule has 0 fully saturated rings. The lowest BCUT2D eigenvalue weighted by atomic mass is 10.3. The molecular formula is C8H7NOS. The van der Waals surface area contributed by atoms with Gasteiger partial charge in [0.25, 0.3) is 0 Å².